The van der Waals surface area contributed by atoms with Crippen molar-refractivity contribution in [1.29, 1.82) is 0 Å². The van der Waals surface area contributed by atoms with Crippen molar-refractivity contribution in [2.24, 2.45) is 0 Å². The van der Waals surface area contributed by atoms with Crippen molar-refractivity contribution in [3.8, 4) is 5.75 Å². The van der Waals surface area contributed by atoms with Gasteiger partial charge in [-0.1, -0.05) is 0 Å². The number of halogens is 1. The number of ether oxygens (including phenoxy) is 1. The van der Waals surface area contributed by atoms with Crippen molar-refractivity contribution in [2.45, 2.75) is 6.92 Å². The fourth-order valence-electron chi connectivity index (χ4n) is 1.18. The van der Waals surface area contributed by atoms with E-state index in [4.69, 9.17) is 9.57 Å². The molecule has 0 aliphatic heterocycles. The fraction of sp³-hybridized carbons (Fsp3) is 0.364. The summed E-state index contributed by atoms with van der Waals surface area (Å²) in [5, 5.41) is 0.953. The highest BCUT2D eigenvalue weighted by Gasteiger charge is 2.17. The van der Waals surface area contributed by atoms with Gasteiger partial charge in [-0.25, -0.2) is 9.45 Å². The average Bonchev–Trinajstić information content (AvgIpc) is 2.30. The SMILES string of the molecule is CCOc1ccc(F)c(C(=O)N(C)OC)c1. The summed E-state index contributed by atoms with van der Waals surface area (Å²) in [6, 6.07) is 4.03. The summed E-state index contributed by atoms with van der Waals surface area (Å²) in [5.41, 5.74) is -0.0738. The van der Waals surface area contributed by atoms with E-state index in [0.717, 1.165) is 5.06 Å². The van der Waals surface area contributed by atoms with Crippen LogP contribution in [-0.2, 0) is 4.84 Å². The van der Waals surface area contributed by atoms with Crippen LogP contribution in [0.2, 0.25) is 0 Å². The van der Waals surface area contributed by atoms with Gasteiger partial charge in [-0.3, -0.25) is 9.63 Å². The number of hydrogen-bond donors (Lipinski definition) is 0. The zero-order chi connectivity index (χ0) is 12.1. The van der Waals surface area contributed by atoms with Gasteiger partial charge in [0.05, 0.1) is 19.3 Å². The van der Waals surface area contributed by atoms with Crippen molar-refractivity contribution in [2.75, 3.05) is 20.8 Å². The molecule has 0 heterocycles. The second kappa shape index (κ2) is 5.46. The summed E-state index contributed by atoms with van der Waals surface area (Å²) in [4.78, 5) is 16.4. The number of carbonyl (C=O) groups excluding carboxylic acids is 1. The topological polar surface area (TPSA) is 38.8 Å². The standard InChI is InChI=1S/C11H14FNO3/c1-4-16-8-5-6-10(12)9(7-8)11(14)13(2)15-3/h5-7H,4H2,1-3H3. The van der Waals surface area contributed by atoms with Gasteiger partial charge in [0.15, 0.2) is 0 Å². The first-order chi connectivity index (χ1) is 7.60. The molecule has 1 aromatic carbocycles. The molecule has 0 aliphatic carbocycles. The molecule has 0 aliphatic rings. The van der Waals surface area contributed by atoms with Gasteiger partial charge in [0.2, 0.25) is 0 Å². The second-order valence-electron chi connectivity index (χ2n) is 3.06. The monoisotopic (exact) mass is 227 g/mol. The van der Waals surface area contributed by atoms with Crippen LogP contribution in [0.15, 0.2) is 18.2 Å². The Labute approximate surface area is 93.5 Å². The molecular weight excluding hydrogens is 213 g/mol. The molecule has 0 N–H and O–H groups in total. The summed E-state index contributed by atoms with van der Waals surface area (Å²) in [5.74, 6) is -0.698. The number of hydroxylamine groups is 2. The zero-order valence-corrected chi connectivity index (χ0v) is 9.49. The van der Waals surface area contributed by atoms with Gasteiger partial charge in [-0.2, -0.15) is 0 Å². The van der Waals surface area contributed by atoms with E-state index >= 15 is 0 Å². The minimum atomic E-state index is -0.600. The molecule has 0 fully saturated rings. The lowest BCUT2D eigenvalue weighted by atomic mass is 10.2. The molecule has 0 saturated heterocycles. The van der Waals surface area contributed by atoms with Gasteiger partial charge in [0.25, 0.3) is 5.91 Å². The highest BCUT2D eigenvalue weighted by atomic mass is 19.1. The lowest BCUT2D eigenvalue weighted by Crippen LogP contribution is -2.26. The first-order valence-electron chi connectivity index (χ1n) is 4.84. The minimum absolute atomic E-state index is 0.0738. The quantitative estimate of drug-likeness (QED) is 0.737. The van der Waals surface area contributed by atoms with E-state index in [1.165, 1.54) is 32.4 Å². The Balaban J connectivity index is 3.02. The highest BCUT2D eigenvalue weighted by molar-refractivity contribution is 5.94. The lowest BCUT2D eigenvalue weighted by Gasteiger charge is -2.14. The zero-order valence-electron chi connectivity index (χ0n) is 9.49. The third-order valence-corrected chi connectivity index (χ3v) is 2.04. The van der Waals surface area contributed by atoms with Gasteiger partial charge in [0.1, 0.15) is 11.6 Å². The Kier molecular flexibility index (Phi) is 4.25. The van der Waals surface area contributed by atoms with Crippen molar-refractivity contribution < 1.29 is 18.8 Å². The normalized spacial score (nSPS) is 10.0. The third kappa shape index (κ3) is 2.70. The van der Waals surface area contributed by atoms with Crippen LogP contribution in [0.1, 0.15) is 17.3 Å². The summed E-state index contributed by atoms with van der Waals surface area (Å²) < 4.78 is 18.6. The molecule has 0 unspecified atom stereocenters. The van der Waals surface area contributed by atoms with Crippen LogP contribution >= 0.6 is 0 Å². The molecule has 0 atom stereocenters. The molecule has 16 heavy (non-hydrogen) atoms. The first-order valence-corrected chi connectivity index (χ1v) is 4.84. The van der Waals surface area contributed by atoms with Gasteiger partial charge in [-0.15, -0.1) is 0 Å². The van der Waals surface area contributed by atoms with Crippen LogP contribution in [0.3, 0.4) is 0 Å². The summed E-state index contributed by atoms with van der Waals surface area (Å²) >= 11 is 0. The van der Waals surface area contributed by atoms with Crippen molar-refractivity contribution in [3.63, 3.8) is 0 Å². The molecule has 4 nitrogen and oxygen atoms in total. The summed E-state index contributed by atoms with van der Waals surface area (Å²) in [7, 11) is 2.75. The lowest BCUT2D eigenvalue weighted by molar-refractivity contribution is -0.0759. The number of carbonyl (C=O) groups is 1. The maximum Gasteiger partial charge on any atom is 0.280 e. The van der Waals surface area contributed by atoms with E-state index in [1.807, 2.05) is 6.92 Å². The van der Waals surface area contributed by atoms with Crippen molar-refractivity contribution >= 4 is 5.91 Å². The number of amides is 1. The van der Waals surface area contributed by atoms with Crippen LogP contribution in [0.4, 0.5) is 4.39 Å². The summed E-state index contributed by atoms with van der Waals surface area (Å²) in [6.07, 6.45) is 0. The van der Waals surface area contributed by atoms with Crippen LogP contribution in [0.25, 0.3) is 0 Å². The van der Waals surface area contributed by atoms with E-state index in [0.29, 0.717) is 12.4 Å². The Morgan fingerprint density at radius 1 is 1.50 bits per heavy atom. The van der Waals surface area contributed by atoms with Crippen molar-refractivity contribution in [1.82, 2.24) is 5.06 Å². The molecular formula is C11H14FNO3. The van der Waals surface area contributed by atoms with Crippen LogP contribution < -0.4 is 4.74 Å². The van der Waals surface area contributed by atoms with Crippen LogP contribution in [0, 0.1) is 5.82 Å². The Bertz CT molecular complexity index is 381. The van der Waals surface area contributed by atoms with Gasteiger partial charge < -0.3 is 4.74 Å². The molecule has 0 bridgehead atoms. The van der Waals surface area contributed by atoms with E-state index in [-0.39, 0.29) is 5.56 Å². The van der Waals surface area contributed by atoms with E-state index < -0.39 is 11.7 Å². The van der Waals surface area contributed by atoms with Crippen LogP contribution in [-0.4, -0.2) is 31.7 Å². The summed E-state index contributed by atoms with van der Waals surface area (Å²) in [6.45, 7) is 2.27. The largest absolute Gasteiger partial charge is 0.494 e. The van der Waals surface area contributed by atoms with Gasteiger partial charge in [-0.05, 0) is 25.1 Å². The highest BCUT2D eigenvalue weighted by Crippen LogP contribution is 2.18. The molecule has 0 aromatic heterocycles. The Hall–Kier alpha value is -1.62. The maximum absolute atomic E-state index is 13.4. The molecule has 1 amide bonds. The Morgan fingerprint density at radius 2 is 2.19 bits per heavy atom. The molecule has 5 heteroatoms. The molecule has 0 spiro atoms. The molecule has 1 rings (SSSR count). The number of rotatable bonds is 4. The van der Waals surface area contributed by atoms with Gasteiger partial charge >= 0.3 is 0 Å². The van der Waals surface area contributed by atoms with E-state index in [1.54, 1.807) is 0 Å². The molecule has 0 saturated carbocycles. The fourth-order valence-corrected chi connectivity index (χ4v) is 1.18. The first kappa shape index (κ1) is 12.4. The average molecular weight is 227 g/mol. The number of hydrogen-bond acceptors (Lipinski definition) is 3. The number of benzene rings is 1. The van der Waals surface area contributed by atoms with E-state index in [2.05, 4.69) is 0 Å². The molecule has 88 valence electrons. The third-order valence-electron chi connectivity index (χ3n) is 2.04. The molecule has 1 aromatic rings. The maximum atomic E-state index is 13.4. The van der Waals surface area contributed by atoms with Crippen LogP contribution in [0.5, 0.6) is 5.75 Å². The van der Waals surface area contributed by atoms with Crippen molar-refractivity contribution in [3.05, 3.63) is 29.6 Å². The second-order valence-corrected chi connectivity index (χ2v) is 3.06. The van der Waals surface area contributed by atoms with Gasteiger partial charge in [0, 0.05) is 7.05 Å². The molecule has 0 radical (unpaired) electrons. The number of nitrogens with zero attached hydrogens (tertiary/aromatic N) is 1. The Morgan fingerprint density at radius 3 is 2.75 bits per heavy atom. The van der Waals surface area contributed by atoms with E-state index in [9.17, 15) is 9.18 Å². The predicted molar refractivity (Wildman–Crippen MR) is 56.7 cm³/mol. The predicted octanol–water partition coefficient (Wildman–Crippen LogP) is 1.86. The minimum Gasteiger partial charge on any atom is -0.494 e. The smallest absolute Gasteiger partial charge is 0.280 e.